The van der Waals surface area contributed by atoms with Crippen LogP contribution in [0.15, 0.2) is 140 Å². The van der Waals surface area contributed by atoms with E-state index in [2.05, 4.69) is 183 Å². The fourth-order valence-electron chi connectivity index (χ4n) is 8.39. The molecule has 9 aromatic rings. The van der Waals surface area contributed by atoms with Crippen LogP contribution in [0.25, 0.3) is 66.9 Å². The Bertz CT molecular complexity index is 3200. The van der Waals surface area contributed by atoms with E-state index in [1.165, 1.54) is 39.2 Å². The summed E-state index contributed by atoms with van der Waals surface area (Å²) in [4.78, 5) is 9.80. The summed E-state index contributed by atoms with van der Waals surface area (Å²) >= 11 is 0. The van der Waals surface area contributed by atoms with Gasteiger partial charge in [0.1, 0.15) is 0 Å². The van der Waals surface area contributed by atoms with E-state index in [4.69, 9.17) is 11.8 Å². The third-order valence-electron chi connectivity index (χ3n) is 11.3. The number of nitrogens with zero attached hydrogens (tertiary/aromatic N) is 4. The molecule has 0 saturated carbocycles. The van der Waals surface area contributed by atoms with Crippen LogP contribution in [-0.2, 0) is 26.5 Å². The molecule has 1 radical (unpaired) electrons. The van der Waals surface area contributed by atoms with Gasteiger partial charge < -0.3 is 14.1 Å². The summed E-state index contributed by atoms with van der Waals surface area (Å²) in [6, 6.07) is 52.1. The van der Waals surface area contributed by atoms with E-state index in [1.807, 2.05) is 26.8 Å². The van der Waals surface area contributed by atoms with Gasteiger partial charge in [0.15, 0.2) is 0 Å². The monoisotopic (exact) mass is 1030 g/mol. The molecule has 4 nitrogen and oxygen atoms in total. The average molecular weight is 1030 g/mol. The minimum absolute atomic E-state index is 0. The number of aryl methyl sites for hydroxylation is 1. The second kappa shape index (κ2) is 18.4. The van der Waals surface area contributed by atoms with Crippen molar-refractivity contribution in [1.82, 2.24) is 19.1 Å². The quantitative estimate of drug-likeness (QED) is 0.112. The number of imidazole rings is 1. The Hall–Kier alpha value is -5.39. The molecular formula is C57H60IrN4Si-2. The normalized spacial score (nSPS) is 13.6. The van der Waals surface area contributed by atoms with E-state index >= 15 is 0 Å². The van der Waals surface area contributed by atoms with Crippen LogP contribution in [-0.4, -0.2) is 27.2 Å². The van der Waals surface area contributed by atoms with Crippen LogP contribution >= 0.6 is 0 Å². The fourth-order valence-corrected chi connectivity index (χ4v) is 9.78. The van der Waals surface area contributed by atoms with Gasteiger partial charge in [0.25, 0.3) is 0 Å². The molecule has 3 heterocycles. The van der Waals surface area contributed by atoms with Crippen molar-refractivity contribution in [3.63, 3.8) is 0 Å². The van der Waals surface area contributed by atoms with Gasteiger partial charge in [-0.1, -0.05) is 159 Å². The average Bonchev–Trinajstić information content (AvgIpc) is 3.84. The van der Waals surface area contributed by atoms with Gasteiger partial charge in [-0.3, -0.25) is 4.98 Å². The van der Waals surface area contributed by atoms with Gasteiger partial charge in [0.05, 0.1) is 24.9 Å². The minimum atomic E-state index is -2.17. The Balaban J connectivity index is 0.000000215. The first-order chi connectivity index (χ1) is 31.6. The summed E-state index contributed by atoms with van der Waals surface area (Å²) in [6.07, 6.45) is 0.269. The van der Waals surface area contributed by atoms with E-state index in [-0.39, 0.29) is 25.7 Å². The van der Waals surface area contributed by atoms with Crippen LogP contribution in [0.1, 0.15) is 89.4 Å². The van der Waals surface area contributed by atoms with E-state index < -0.39 is 26.7 Å². The molecule has 0 amide bonds. The number of fused-ring (bicyclic) bond motifs is 4. The second-order valence-corrected chi connectivity index (χ2v) is 24.0. The molecule has 0 spiro atoms. The topological polar surface area (TPSA) is 35.6 Å². The van der Waals surface area contributed by atoms with Crippen molar-refractivity contribution in [2.45, 2.75) is 93.2 Å². The number of hydrogen-bond donors (Lipinski definition) is 0. The number of pyridine rings is 1. The van der Waals surface area contributed by atoms with E-state index in [9.17, 15) is 0 Å². The molecule has 0 N–H and O–H groups in total. The van der Waals surface area contributed by atoms with Gasteiger partial charge in [-0.15, -0.1) is 59.2 Å². The van der Waals surface area contributed by atoms with Gasteiger partial charge in [-0.25, -0.2) is 0 Å². The molecule has 323 valence electrons. The number of para-hydroxylation sites is 5. The third-order valence-corrected chi connectivity index (χ3v) is 13.3. The number of benzene rings is 6. The molecule has 0 unspecified atom stereocenters. The Morgan fingerprint density at radius 2 is 1.33 bits per heavy atom. The maximum Gasteiger partial charge on any atom is 0.0798 e. The molecule has 0 aliphatic rings. The molecule has 63 heavy (non-hydrogen) atoms. The van der Waals surface area contributed by atoms with Crippen molar-refractivity contribution in [2.75, 3.05) is 0 Å². The smallest absolute Gasteiger partial charge is 0.0798 e. The first-order valence-corrected chi connectivity index (χ1v) is 25.2. The molecule has 0 fully saturated rings. The number of hydrogen-bond acceptors (Lipinski definition) is 2. The van der Waals surface area contributed by atoms with E-state index in [1.54, 1.807) is 18.3 Å². The predicted molar refractivity (Wildman–Crippen MR) is 267 cm³/mol. The van der Waals surface area contributed by atoms with Crippen molar-refractivity contribution >= 4 is 46.1 Å². The summed E-state index contributed by atoms with van der Waals surface area (Å²) < 4.78 is 44.7. The third kappa shape index (κ3) is 9.46. The van der Waals surface area contributed by atoms with Crippen molar-refractivity contribution in [1.29, 1.82) is 0 Å². The Morgan fingerprint density at radius 1 is 0.683 bits per heavy atom. The van der Waals surface area contributed by atoms with Crippen LogP contribution < -0.4 is 5.19 Å². The van der Waals surface area contributed by atoms with E-state index in [0.29, 0.717) is 28.7 Å². The molecule has 6 heteroatoms. The van der Waals surface area contributed by atoms with Crippen molar-refractivity contribution in [3.8, 4) is 34.0 Å². The molecule has 0 aliphatic heterocycles. The Kier molecular flexibility index (Phi) is 11.4. The largest absolute Gasteiger partial charge is 0.351 e. The summed E-state index contributed by atoms with van der Waals surface area (Å²) in [5, 5.41) is 3.43. The first kappa shape index (κ1) is 39.2. The molecule has 0 aliphatic carbocycles. The van der Waals surface area contributed by atoms with Crippen molar-refractivity contribution < 1.29 is 27.0 Å². The summed E-state index contributed by atoms with van der Waals surface area (Å²) in [5.41, 5.74) is 12.1. The molecule has 0 atom stereocenters. The van der Waals surface area contributed by atoms with Gasteiger partial charge in [-0.05, 0) is 86.9 Å². The molecular weight excluding hydrogens is 961 g/mol. The minimum Gasteiger partial charge on any atom is -0.351 e. The molecule has 0 bridgehead atoms. The Morgan fingerprint density at radius 3 is 1.97 bits per heavy atom. The molecule has 0 saturated heterocycles. The maximum absolute atomic E-state index is 8.79. The summed E-state index contributed by atoms with van der Waals surface area (Å²) in [5.74, 6) is 1.67. The van der Waals surface area contributed by atoms with Crippen LogP contribution in [0.4, 0.5) is 0 Å². The van der Waals surface area contributed by atoms with E-state index in [0.717, 1.165) is 38.8 Å². The summed E-state index contributed by atoms with van der Waals surface area (Å²) in [6.45, 7) is 19.2. The second-order valence-electron chi connectivity index (χ2n) is 18.9. The summed E-state index contributed by atoms with van der Waals surface area (Å²) in [7, 11) is -1.81. The van der Waals surface area contributed by atoms with Crippen LogP contribution in [0.3, 0.4) is 0 Å². The number of rotatable bonds is 8. The number of aromatic nitrogens is 4. The van der Waals surface area contributed by atoms with Crippen molar-refractivity contribution in [2.24, 2.45) is 5.41 Å². The van der Waals surface area contributed by atoms with Crippen LogP contribution in [0.2, 0.25) is 19.6 Å². The van der Waals surface area contributed by atoms with Gasteiger partial charge >= 0.3 is 0 Å². The zero-order valence-corrected chi connectivity index (χ0v) is 41.5. The van der Waals surface area contributed by atoms with Crippen molar-refractivity contribution in [3.05, 3.63) is 174 Å². The molecule has 9 rings (SSSR count). The standard InChI is InChI=1S/C37H32N3.C20H28NSi.Ir/c1-24(2)28-16-12-17-29(25(3)4)36(28)40-35-20-11-9-18-32(35)38-37(40)26-21-22-34-31(23-26)30-15-8-10-19-33(30)39(34)27-13-6-5-7-14-27;1-15-8-10-16(11-9-15)18-12-17(13-20(2,3)4)19(14-21-18)22(5,6)7;/h5-20,22-25H,1-4H3;8-10,12,14H,13H2,1-7H3;/q2*-1;/i;1D3,13D2;. The SMILES string of the molecule is CC(C)c1cccc(C(C)C)c1-n1c(-c2[c-]cc3c(c2)c2ccccc2n3-c2ccccc2)nc2ccccc21.[2H]C([2H])([2H])c1c[c-]c(-c2cc(C([2H])([2H])C(C)(C)C)c([Si](C)(C)C)cn2)cc1.[Ir]. The zero-order valence-electron chi connectivity index (χ0n) is 43.1. The fraction of sp³-hybridized carbons (Fsp3) is 0.263. The van der Waals surface area contributed by atoms with Crippen LogP contribution in [0.5, 0.6) is 0 Å². The van der Waals surface area contributed by atoms with Gasteiger partial charge in [-0.2, -0.15) is 0 Å². The first-order valence-electron chi connectivity index (χ1n) is 24.2. The van der Waals surface area contributed by atoms with Gasteiger partial charge in [0.2, 0.25) is 0 Å². The zero-order chi connectivity index (χ0) is 48.2. The predicted octanol–water partition coefficient (Wildman–Crippen LogP) is 14.8. The molecule has 6 aromatic carbocycles. The molecule has 3 aromatic heterocycles. The Labute approximate surface area is 396 Å². The van der Waals surface area contributed by atoms with Crippen LogP contribution in [0, 0.1) is 24.4 Å². The van der Waals surface area contributed by atoms with Gasteiger partial charge in [0, 0.05) is 50.0 Å². The maximum atomic E-state index is 8.79.